The van der Waals surface area contributed by atoms with E-state index in [1.54, 1.807) is 29.3 Å². The van der Waals surface area contributed by atoms with E-state index >= 15 is 0 Å². The second kappa shape index (κ2) is 9.68. The minimum absolute atomic E-state index is 0.150. The number of amides is 2. The molecule has 0 aromatic heterocycles. The van der Waals surface area contributed by atoms with Crippen LogP contribution in [-0.2, 0) is 14.4 Å². The number of amidine groups is 1. The summed E-state index contributed by atoms with van der Waals surface area (Å²) in [7, 11) is 0. The van der Waals surface area contributed by atoms with Gasteiger partial charge in [0.25, 0.3) is 5.91 Å². The summed E-state index contributed by atoms with van der Waals surface area (Å²) in [5.74, 6) is -1.99. The highest BCUT2D eigenvalue weighted by molar-refractivity contribution is 8.15. The summed E-state index contributed by atoms with van der Waals surface area (Å²) >= 11 is 1.14. The number of hydrogen-bond acceptors (Lipinski definition) is 7. The van der Waals surface area contributed by atoms with E-state index in [2.05, 4.69) is 10.3 Å². The Bertz CT molecular complexity index is 1180. The molecule has 34 heavy (non-hydrogen) atoms. The predicted octanol–water partition coefficient (Wildman–Crippen LogP) is 2.83. The summed E-state index contributed by atoms with van der Waals surface area (Å²) in [6, 6.07) is 13.5. The fourth-order valence-electron chi connectivity index (χ4n) is 3.70. The van der Waals surface area contributed by atoms with Crippen molar-refractivity contribution in [1.82, 2.24) is 10.3 Å². The number of thioether (sulfide) groups is 1. The van der Waals surface area contributed by atoms with Gasteiger partial charge in [-0.25, -0.2) is 5.01 Å². The number of aromatic hydroxyl groups is 1. The van der Waals surface area contributed by atoms with Crippen LogP contribution in [-0.4, -0.2) is 55.2 Å². The lowest BCUT2D eigenvalue weighted by Crippen LogP contribution is -2.39. The number of carboxylic acid groups (broad SMARTS) is 1. The Morgan fingerprint density at radius 3 is 2.50 bits per heavy atom. The van der Waals surface area contributed by atoms with Gasteiger partial charge in [0.15, 0.2) is 5.17 Å². The van der Waals surface area contributed by atoms with Crippen LogP contribution < -0.4 is 5.32 Å². The number of aliphatic imine (C=N–C) groups is 1. The number of carbonyl (C=O) groups is 3. The van der Waals surface area contributed by atoms with Gasteiger partial charge < -0.3 is 15.5 Å². The summed E-state index contributed by atoms with van der Waals surface area (Å²) in [6.45, 7) is 3.37. The zero-order valence-corrected chi connectivity index (χ0v) is 19.5. The second-order valence-electron chi connectivity index (χ2n) is 8.24. The molecule has 2 heterocycles. The number of carbonyl (C=O) groups excluding carboxylic acids is 2. The van der Waals surface area contributed by atoms with Crippen LogP contribution in [0.1, 0.15) is 42.5 Å². The molecule has 9 nitrogen and oxygen atoms in total. The Hall–Kier alpha value is -3.66. The Labute approximate surface area is 200 Å². The number of carboxylic acids is 1. The van der Waals surface area contributed by atoms with Crippen LogP contribution in [0, 0.1) is 6.92 Å². The van der Waals surface area contributed by atoms with Gasteiger partial charge in [-0.3, -0.25) is 14.4 Å². The number of hydrazone groups is 1. The quantitative estimate of drug-likeness (QED) is 0.579. The Morgan fingerprint density at radius 1 is 1.18 bits per heavy atom. The fraction of sp³-hybridized carbons (Fsp3) is 0.292. The van der Waals surface area contributed by atoms with Gasteiger partial charge in [0.2, 0.25) is 5.91 Å². The second-order valence-corrected chi connectivity index (χ2v) is 9.41. The molecule has 0 spiro atoms. The van der Waals surface area contributed by atoms with E-state index in [1.165, 1.54) is 6.92 Å². The summed E-state index contributed by atoms with van der Waals surface area (Å²) in [6.07, 6.45) is 0.392. The van der Waals surface area contributed by atoms with Gasteiger partial charge in [-0.05, 0) is 37.1 Å². The third-order valence-electron chi connectivity index (χ3n) is 5.62. The molecular weight excluding hydrogens is 456 g/mol. The van der Waals surface area contributed by atoms with Crippen LogP contribution in [0.5, 0.6) is 5.75 Å². The molecule has 2 aromatic carbocycles. The maximum absolute atomic E-state index is 12.6. The molecule has 2 aliphatic rings. The summed E-state index contributed by atoms with van der Waals surface area (Å²) < 4.78 is 0. The minimum Gasteiger partial charge on any atom is -0.508 e. The largest absolute Gasteiger partial charge is 0.508 e. The van der Waals surface area contributed by atoms with Crippen molar-refractivity contribution >= 4 is 40.4 Å². The number of nitrogens with zero attached hydrogens (tertiary/aromatic N) is 3. The standard InChI is InChI=1S/C24H24N4O5S/c1-13-3-5-15(6-4-13)18-11-19(16-7-9-17(29)10-8-16)28(27-18)24-26-22(31)20(34-24)12-21(30)25-14(2)23(32)33/h3-10,14,19-20,29H,11-12H2,1-2H3,(H,25,30)(H,32,33)/t14-,19+,20+/m1/s1. The zero-order chi connectivity index (χ0) is 24.4. The van der Waals surface area contributed by atoms with Crippen LogP contribution in [0.3, 0.4) is 0 Å². The van der Waals surface area contributed by atoms with Gasteiger partial charge >= 0.3 is 5.97 Å². The number of nitrogens with one attached hydrogen (secondary N) is 1. The molecule has 2 aliphatic heterocycles. The van der Waals surface area contributed by atoms with Crippen molar-refractivity contribution in [2.75, 3.05) is 0 Å². The number of phenolic OH excluding ortho intramolecular Hbond substituents is 1. The monoisotopic (exact) mass is 480 g/mol. The third kappa shape index (κ3) is 5.12. The molecule has 2 amide bonds. The fourth-order valence-corrected chi connectivity index (χ4v) is 4.76. The molecule has 0 saturated carbocycles. The maximum Gasteiger partial charge on any atom is 0.325 e. The van der Waals surface area contributed by atoms with Crippen LogP contribution in [0.4, 0.5) is 0 Å². The number of aliphatic carboxylic acids is 1. The first-order valence-corrected chi connectivity index (χ1v) is 11.6. The van der Waals surface area contributed by atoms with E-state index in [0.717, 1.165) is 34.2 Å². The van der Waals surface area contributed by atoms with Crippen molar-refractivity contribution in [1.29, 1.82) is 0 Å². The summed E-state index contributed by atoms with van der Waals surface area (Å²) in [5, 5.41) is 27.1. The smallest absolute Gasteiger partial charge is 0.325 e. The molecule has 2 aromatic rings. The minimum atomic E-state index is -1.15. The van der Waals surface area contributed by atoms with Crippen LogP contribution >= 0.6 is 11.8 Å². The van der Waals surface area contributed by atoms with Gasteiger partial charge in [-0.1, -0.05) is 53.7 Å². The number of aryl methyl sites for hydroxylation is 1. The molecule has 0 radical (unpaired) electrons. The normalized spacial score (nSPS) is 20.6. The highest BCUT2D eigenvalue weighted by Gasteiger charge is 2.39. The highest BCUT2D eigenvalue weighted by atomic mass is 32.2. The number of benzene rings is 2. The molecule has 0 saturated heterocycles. The molecule has 0 fully saturated rings. The number of phenols is 1. The molecule has 10 heteroatoms. The van der Waals surface area contributed by atoms with Crippen LogP contribution in [0.15, 0.2) is 58.6 Å². The van der Waals surface area contributed by atoms with Crippen molar-refractivity contribution in [2.45, 2.75) is 44.0 Å². The molecule has 3 atom stereocenters. The third-order valence-corrected chi connectivity index (χ3v) is 6.76. The van der Waals surface area contributed by atoms with E-state index < -0.39 is 29.1 Å². The van der Waals surface area contributed by atoms with Crippen LogP contribution in [0.2, 0.25) is 0 Å². The maximum atomic E-state index is 12.6. The average molecular weight is 481 g/mol. The van der Waals surface area contributed by atoms with E-state index in [9.17, 15) is 19.5 Å². The summed E-state index contributed by atoms with van der Waals surface area (Å²) in [5.41, 5.74) is 3.83. The highest BCUT2D eigenvalue weighted by Crippen LogP contribution is 2.38. The Kier molecular flexibility index (Phi) is 6.69. The van der Waals surface area contributed by atoms with E-state index in [4.69, 9.17) is 10.2 Å². The number of rotatable bonds is 6. The SMILES string of the molecule is Cc1ccc(C2=NN(C3=NC(=O)[C@H](CC(=O)N[C@H](C)C(=O)O)S3)[C@H](c3ccc(O)cc3)C2)cc1. The molecule has 0 unspecified atom stereocenters. The summed E-state index contributed by atoms with van der Waals surface area (Å²) in [4.78, 5) is 39.9. The first kappa shape index (κ1) is 23.5. The van der Waals surface area contributed by atoms with Crippen molar-refractivity contribution in [2.24, 2.45) is 10.1 Å². The average Bonchev–Trinajstić information content (AvgIpc) is 3.39. The molecule has 0 aliphatic carbocycles. The predicted molar refractivity (Wildman–Crippen MR) is 129 cm³/mol. The van der Waals surface area contributed by atoms with Crippen LogP contribution in [0.25, 0.3) is 0 Å². The van der Waals surface area contributed by atoms with Crippen molar-refractivity contribution < 1.29 is 24.6 Å². The number of hydrogen-bond donors (Lipinski definition) is 3. The zero-order valence-electron chi connectivity index (χ0n) is 18.6. The first-order chi connectivity index (χ1) is 16.2. The first-order valence-electron chi connectivity index (χ1n) is 10.8. The lowest BCUT2D eigenvalue weighted by molar-refractivity contribution is -0.141. The topological polar surface area (TPSA) is 132 Å². The van der Waals surface area contributed by atoms with Gasteiger partial charge in [0.1, 0.15) is 17.0 Å². The van der Waals surface area contributed by atoms with E-state index in [0.29, 0.717) is 11.6 Å². The Balaban J connectivity index is 1.56. The Morgan fingerprint density at radius 2 is 1.85 bits per heavy atom. The molecule has 4 rings (SSSR count). The van der Waals surface area contributed by atoms with Gasteiger partial charge in [0, 0.05) is 12.8 Å². The van der Waals surface area contributed by atoms with E-state index in [-0.39, 0.29) is 18.2 Å². The van der Waals surface area contributed by atoms with Crippen molar-refractivity contribution in [3.05, 3.63) is 65.2 Å². The van der Waals surface area contributed by atoms with Crippen molar-refractivity contribution in [3.63, 3.8) is 0 Å². The molecule has 3 N–H and O–H groups in total. The lowest BCUT2D eigenvalue weighted by atomic mass is 9.98. The van der Waals surface area contributed by atoms with E-state index in [1.807, 2.05) is 31.2 Å². The van der Waals surface area contributed by atoms with Gasteiger partial charge in [-0.15, -0.1) is 0 Å². The van der Waals surface area contributed by atoms with Crippen molar-refractivity contribution in [3.8, 4) is 5.75 Å². The molecular formula is C24H24N4O5S. The molecule has 176 valence electrons. The van der Waals surface area contributed by atoms with Gasteiger partial charge in [0.05, 0.1) is 11.8 Å². The van der Waals surface area contributed by atoms with Gasteiger partial charge in [-0.2, -0.15) is 10.1 Å². The molecule has 0 bridgehead atoms. The lowest BCUT2D eigenvalue weighted by Gasteiger charge is -2.23.